The second-order valence-corrected chi connectivity index (χ2v) is 4.38. The van der Waals surface area contributed by atoms with Crippen LogP contribution < -0.4 is 0 Å². The van der Waals surface area contributed by atoms with E-state index in [0.717, 1.165) is 24.2 Å². The van der Waals surface area contributed by atoms with Crippen LogP contribution in [0.3, 0.4) is 0 Å². The SMILES string of the molecule is COC1=CC(=O)C(C)(c2ccccc2)CC1. The lowest BCUT2D eigenvalue weighted by atomic mass is 9.72. The number of hydrogen-bond acceptors (Lipinski definition) is 2. The summed E-state index contributed by atoms with van der Waals surface area (Å²) < 4.78 is 5.13. The Balaban J connectivity index is 2.35. The van der Waals surface area contributed by atoms with Crippen LogP contribution in [0.2, 0.25) is 0 Å². The van der Waals surface area contributed by atoms with Crippen LogP contribution in [0.1, 0.15) is 25.3 Å². The summed E-state index contributed by atoms with van der Waals surface area (Å²) in [6.45, 7) is 2.01. The molecular formula is C14H16O2. The van der Waals surface area contributed by atoms with Crippen LogP contribution in [-0.2, 0) is 14.9 Å². The van der Waals surface area contributed by atoms with Gasteiger partial charge in [-0.1, -0.05) is 30.3 Å². The van der Waals surface area contributed by atoms with Gasteiger partial charge in [0.25, 0.3) is 0 Å². The number of carbonyl (C=O) groups is 1. The summed E-state index contributed by atoms with van der Waals surface area (Å²) in [5.41, 5.74) is 0.704. The predicted molar refractivity (Wildman–Crippen MR) is 63.1 cm³/mol. The fraction of sp³-hybridized carbons (Fsp3) is 0.357. The Morgan fingerprint density at radius 3 is 2.50 bits per heavy atom. The Kier molecular flexibility index (Phi) is 2.82. The second-order valence-electron chi connectivity index (χ2n) is 4.38. The van der Waals surface area contributed by atoms with Gasteiger partial charge in [0.1, 0.15) is 0 Å². The molecule has 0 spiro atoms. The van der Waals surface area contributed by atoms with Crippen molar-refractivity contribution in [3.8, 4) is 0 Å². The minimum Gasteiger partial charge on any atom is -0.501 e. The molecule has 0 N–H and O–H groups in total. The van der Waals surface area contributed by atoms with Gasteiger partial charge in [0.15, 0.2) is 5.78 Å². The van der Waals surface area contributed by atoms with Gasteiger partial charge >= 0.3 is 0 Å². The number of ether oxygens (including phenoxy) is 1. The quantitative estimate of drug-likeness (QED) is 0.759. The summed E-state index contributed by atoms with van der Waals surface area (Å²) in [6.07, 6.45) is 3.28. The molecule has 1 aliphatic carbocycles. The standard InChI is InChI=1S/C14H16O2/c1-14(11-6-4-3-5-7-11)9-8-12(16-2)10-13(14)15/h3-7,10H,8-9H2,1-2H3. The molecule has 0 heterocycles. The summed E-state index contributed by atoms with van der Waals surface area (Å²) in [5, 5.41) is 0. The number of carbonyl (C=O) groups excluding carboxylic acids is 1. The number of benzene rings is 1. The van der Waals surface area contributed by atoms with Crippen molar-refractivity contribution in [2.24, 2.45) is 0 Å². The van der Waals surface area contributed by atoms with Gasteiger partial charge in [0.2, 0.25) is 0 Å². The molecule has 1 aromatic rings. The second kappa shape index (κ2) is 4.12. The van der Waals surface area contributed by atoms with Crippen LogP contribution in [0.4, 0.5) is 0 Å². The average Bonchev–Trinajstić information content (AvgIpc) is 2.34. The largest absolute Gasteiger partial charge is 0.501 e. The molecule has 2 nitrogen and oxygen atoms in total. The molecular weight excluding hydrogens is 200 g/mol. The van der Waals surface area contributed by atoms with Crippen LogP contribution in [0.25, 0.3) is 0 Å². The Morgan fingerprint density at radius 1 is 1.25 bits per heavy atom. The molecule has 0 fully saturated rings. The minimum atomic E-state index is -0.386. The molecule has 0 radical (unpaired) electrons. The highest BCUT2D eigenvalue weighted by Crippen LogP contribution is 2.35. The summed E-state index contributed by atoms with van der Waals surface area (Å²) >= 11 is 0. The van der Waals surface area contributed by atoms with Crippen molar-refractivity contribution in [3.05, 3.63) is 47.7 Å². The molecule has 0 aliphatic heterocycles. The van der Waals surface area contributed by atoms with Crippen LogP contribution in [0.5, 0.6) is 0 Å². The monoisotopic (exact) mass is 216 g/mol. The zero-order valence-corrected chi connectivity index (χ0v) is 9.69. The number of allylic oxidation sites excluding steroid dienone is 2. The molecule has 1 aromatic carbocycles. The molecule has 0 bridgehead atoms. The van der Waals surface area contributed by atoms with E-state index < -0.39 is 0 Å². The van der Waals surface area contributed by atoms with E-state index in [1.807, 2.05) is 37.3 Å². The maximum atomic E-state index is 12.1. The first-order chi connectivity index (χ1) is 7.66. The Morgan fingerprint density at radius 2 is 1.94 bits per heavy atom. The van der Waals surface area contributed by atoms with Gasteiger partial charge in [0.05, 0.1) is 18.3 Å². The third-order valence-corrected chi connectivity index (χ3v) is 3.38. The van der Waals surface area contributed by atoms with Crippen LogP contribution in [0.15, 0.2) is 42.2 Å². The van der Waals surface area contributed by atoms with E-state index in [2.05, 4.69) is 0 Å². The van der Waals surface area contributed by atoms with Crippen molar-refractivity contribution >= 4 is 5.78 Å². The van der Waals surface area contributed by atoms with Gasteiger partial charge in [-0.05, 0) is 18.9 Å². The van der Waals surface area contributed by atoms with E-state index in [1.165, 1.54) is 0 Å². The number of methoxy groups -OCH3 is 1. The average molecular weight is 216 g/mol. The molecule has 0 saturated heterocycles. The maximum absolute atomic E-state index is 12.1. The molecule has 2 rings (SSSR count). The lowest BCUT2D eigenvalue weighted by molar-refractivity contribution is -0.120. The molecule has 0 amide bonds. The first kappa shape index (κ1) is 10.9. The van der Waals surface area contributed by atoms with Crippen molar-refractivity contribution in [2.75, 3.05) is 7.11 Å². The molecule has 1 aliphatic rings. The highest BCUT2D eigenvalue weighted by atomic mass is 16.5. The maximum Gasteiger partial charge on any atom is 0.169 e. The topological polar surface area (TPSA) is 26.3 Å². The zero-order valence-electron chi connectivity index (χ0n) is 9.69. The van der Waals surface area contributed by atoms with Gasteiger partial charge < -0.3 is 4.74 Å². The van der Waals surface area contributed by atoms with Gasteiger partial charge in [0, 0.05) is 12.5 Å². The molecule has 1 atom stereocenters. The van der Waals surface area contributed by atoms with Gasteiger partial charge in [-0.3, -0.25) is 4.79 Å². The normalized spacial score (nSPS) is 25.1. The van der Waals surface area contributed by atoms with E-state index in [9.17, 15) is 4.79 Å². The molecule has 0 aromatic heterocycles. The fourth-order valence-corrected chi connectivity index (χ4v) is 2.13. The van der Waals surface area contributed by atoms with E-state index in [0.29, 0.717) is 0 Å². The van der Waals surface area contributed by atoms with Gasteiger partial charge in [-0.2, -0.15) is 0 Å². The van der Waals surface area contributed by atoms with Gasteiger partial charge in [-0.15, -0.1) is 0 Å². The number of rotatable bonds is 2. The first-order valence-corrected chi connectivity index (χ1v) is 5.51. The number of hydrogen-bond donors (Lipinski definition) is 0. The lowest BCUT2D eigenvalue weighted by Gasteiger charge is -2.31. The molecule has 0 saturated carbocycles. The summed E-state index contributed by atoms with van der Waals surface area (Å²) in [4.78, 5) is 12.1. The minimum absolute atomic E-state index is 0.141. The van der Waals surface area contributed by atoms with E-state index in [1.54, 1.807) is 13.2 Å². The third kappa shape index (κ3) is 1.75. The summed E-state index contributed by atoms with van der Waals surface area (Å²) in [5.74, 6) is 0.931. The molecule has 1 unspecified atom stereocenters. The highest BCUT2D eigenvalue weighted by Gasteiger charge is 2.36. The Bertz CT molecular complexity index is 420. The van der Waals surface area contributed by atoms with E-state index in [-0.39, 0.29) is 11.2 Å². The van der Waals surface area contributed by atoms with Crippen LogP contribution in [-0.4, -0.2) is 12.9 Å². The highest BCUT2D eigenvalue weighted by molar-refractivity contribution is 5.99. The Hall–Kier alpha value is -1.57. The Labute approximate surface area is 95.9 Å². The third-order valence-electron chi connectivity index (χ3n) is 3.38. The van der Waals surface area contributed by atoms with Crippen molar-refractivity contribution < 1.29 is 9.53 Å². The van der Waals surface area contributed by atoms with Crippen LogP contribution in [0, 0.1) is 0 Å². The van der Waals surface area contributed by atoms with E-state index in [4.69, 9.17) is 4.74 Å². The zero-order chi connectivity index (χ0) is 11.6. The number of ketones is 1. The smallest absolute Gasteiger partial charge is 0.169 e. The van der Waals surface area contributed by atoms with Crippen molar-refractivity contribution in [1.29, 1.82) is 0 Å². The molecule has 2 heteroatoms. The predicted octanol–water partition coefficient (Wildman–Crippen LogP) is 2.84. The van der Waals surface area contributed by atoms with Crippen molar-refractivity contribution in [1.82, 2.24) is 0 Å². The van der Waals surface area contributed by atoms with E-state index >= 15 is 0 Å². The first-order valence-electron chi connectivity index (χ1n) is 5.51. The van der Waals surface area contributed by atoms with Crippen LogP contribution >= 0.6 is 0 Å². The van der Waals surface area contributed by atoms with Gasteiger partial charge in [-0.25, -0.2) is 0 Å². The summed E-state index contributed by atoms with van der Waals surface area (Å²) in [6, 6.07) is 9.95. The fourth-order valence-electron chi connectivity index (χ4n) is 2.13. The van der Waals surface area contributed by atoms with Crippen molar-refractivity contribution in [2.45, 2.75) is 25.2 Å². The van der Waals surface area contributed by atoms with Crippen molar-refractivity contribution in [3.63, 3.8) is 0 Å². The molecule has 84 valence electrons. The summed E-state index contributed by atoms with van der Waals surface area (Å²) in [7, 11) is 1.62. The molecule has 16 heavy (non-hydrogen) atoms. The lowest BCUT2D eigenvalue weighted by Crippen LogP contribution is -2.34.